The Morgan fingerprint density at radius 2 is 2.20 bits per heavy atom. The van der Waals surface area contributed by atoms with Gasteiger partial charge in [0.15, 0.2) is 0 Å². The Morgan fingerprint density at radius 3 is 2.73 bits per heavy atom. The molecule has 0 saturated carbocycles. The summed E-state index contributed by atoms with van der Waals surface area (Å²) in [5, 5.41) is 2.79. The molecule has 0 aliphatic carbocycles. The van der Waals surface area contributed by atoms with E-state index < -0.39 is 5.54 Å². The van der Waals surface area contributed by atoms with Crippen LogP contribution >= 0.6 is 15.9 Å². The van der Waals surface area contributed by atoms with E-state index in [1.807, 2.05) is 38.1 Å². The molecule has 3 nitrogen and oxygen atoms in total. The minimum absolute atomic E-state index is 0.0689. The summed E-state index contributed by atoms with van der Waals surface area (Å²) in [6.07, 6.45) is 0.305. The first-order chi connectivity index (χ1) is 6.87. The smallest absolute Gasteiger partial charge is 0.226 e. The summed E-state index contributed by atoms with van der Waals surface area (Å²) in [4.78, 5) is 11.5. The number of rotatable bonds is 3. The molecule has 0 aliphatic rings. The fourth-order valence-corrected chi connectivity index (χ4v) is 1.58. The first kappa shape index (κ1) is 12.2. The molecule has 0 unspecified atom stereocenters. The van der Waals surface area contributed by atoms with Gasteiger partial charge in [-0.15, -0.1) is 0 Å². The van der Waals surface area contributed by atoms with E-state index in [1.165, 1.54) is 0 Å². The predicted molar refractivity (Wildman–Crippen MR) is 65.7 cm³/mol. The lowest BCUT2D eigenvalue weighted by Gasteiger charge is -2.17. The number of carbonyl (C=O) groups excluding carboxylic acids is 1. The molecule has 1 aromatic rings. The number of carbonyl (C=O) groups is 1. The summed E-state index contributed by atoms with van der Waals surface area (Å²) >= 11 is 3.34. The van der Waals surface area contributed by atoms with Gasteiger partial charge in [0.2, 0.25) is 5.91 Å². The van der Waals surface area contributed by atoms with Crippen LogP contribution in [0.25, 0.3) is 0 Å². The Kier molecular flexibility index (Phi) is 3.88. The van der Waals surface area contributed by atoms with Gasteiger partial charge < -0.3 is 11.1 Å². The molecule has 1 amide bonds. The van der Waals surface area contributed by atoms with Crippen LogP contribution in [0.5, 0.6) is 0 Å². The lowest BCUT2D eigenvalue weighted by molar-refractivity contribution is -0.117. The van der Waals surface area contributed by atoms with Crippen LogP contribution in [-0.4, -0.2) is 11.4 Å². The van der Waals surface area contributed by atoms with E-state index in [4.69, 9.17) is 5.73 Å². The Balaban J connectivity index is 2.59. The molecule has 0 saturated heterocycles. The number of nitrogens with two attached hydrogens (primary N) is 1. The van der Waals surface area contributed by atoms with Crippen LogP contribution in [0.4, 0.5) is 5.69 Å². The van der Waals surface area contributed by atoms with E-state index in [0.29, 0.717) is 6.42 Å². The van der Waals surface area contributed by atoms with Gasteiger partial charge in [-0.05, 0) is 32.0 Å². The van der Waals surface area contributed by atoms with Gasteiger partial charge in [0.1, 0.15) is 0 Å². The van der Waals surface area contributed by atoms with Crippen molar-refractivity contribution in [2.75, 3.05) is 5.32 Å². The highest BCUT2D eigenvalue weighted by atomic mass is 79.9. The molecule has 0 aromatic heterocycles. The molecule has 0 aliphatic heterocycles. The molecule has 15 heavy (non-hydrogen) atoms. The van der Waals surface area contributed by atoms with E-state index in [0.717, 1.165) is 10.2 Å². The third kappa shape index (κ3) is 4.95. The van der Waals surface area contributed by atoms with Gasteiger partial charge in [0.25, 0.3) is 0 Å². The molecule has 0 atom stereocenters. The minimum Gasteiger partial charge on any atom is -0.326 e. The van der Waals surface area contributed by atoms with Gasteiger partial charge in [-0.1, -0.05) is 22.0 Å². The molecule has 1 rings (SSSR count). The van der Waals surface area contributed by atoms with Crippen molar-refractivity contribution < 1.29 is 4.79 Å². The number of hydrogen-bond donors (Lipinski definition) is 2. The third-order valence-electron chi connectivity index (χ3n) is 1.72. The SMILES string of the molecule is CC(C)(N)CC(=O)Nc1cccc(Br)c1. The number of hydrogen-bond acceptors (Lipinski definition) is 2. The van der Waals surface area contributed by atoms with Crippen molar-refractivity contribution in [2.24, 2.45) is 5.73 Å². The lowest BCUT2D eigenvalue weighted by atomic mass is 10.0. The van der Waals surface area contributed by atoms with Crippen LogP contribution < -0.4 is 11.1 Å². The van der Waals surface area contributed by atoms with E-state index in [1.54, 1.807) is 0 Å². The second-order valence-corrected chi connectivity index (χ2v) is 5.14. The normalized spacial score (nSPS) is 11.2. The standard InChI is InChI=1S/C11H15BrN2O/c1-11(2,13)7-10(15)14-9-5-3-4-8(12)6-9/h3-6H,7,13H2,1-2H3,(H,14,15). The zero-order chi connectivity index (χ0) is 11.5. The van der Waals surface area contributed by atoms with Crippen molar-refractivity contribution in [1.82, 2.24) is 0 Å². The van der Waals surface area contributed by atoms with Gasteiger partial charge in [0.05, 0.1) is 0 Å². The van der Waals surface area contributed by atoms with Crippen LogP contribution in [0.1, 0.15) is 20.3 Å². The minimum atomic E-state index is -0.476. The molecule has 0 bridgehead atoms. The second-order valence-electron chi connectivity index (χ2n) is 4.22. The monoisotopic (exact) mass is 270 g/mol. The highest BCUT2D eigenvalue weighted by Crippen LogP contribution is 2.16. The Labute approximate surface area is 98.2 Å². The van der Waals surface area contributed by atoms with Gasteiger partial charge in [-0.25, -0.2) is 0 Å². The van der Waals surface area contributed by atoms with Crippen molar-refractivity contribution in [3.05, 3.63) is 28.7 Å². The number of nitrogens with one attached hydrogen (secondary N) is 1. The summed E-state index contributed by atoms with van der Waals surface area (Å²) in [6.45, 7) is 3.65. The number of amides is 1. The summed E-state index contributed by atoms with van der Waals surface area (Å²) in [6, 6.07) is 7.46. The van der Waals surface area contributed by atoms with Gasteiger partial charge in [-0.2, -0.15) is 0 Å². The average Bonchev–Trinajstić information content (AvgIpc) is 1.99. The summed E-state index contributed by atoms with van der Waals surface area (Å²) in [5.41, 5.74) is 6.05. The van der Waals surface area contributed by atoms with Gasteiger partial charge >= 0.3 is 0 Å². The van der Waals surface area contributed by atoms with Crippen LogP contribution in [0, 0.1) is 0 Å². The summed E-state index contributed by atoms with van der Waals surface area (Å²) < 4.78 is 0.937. The fourth-order valence-electron chi connectivity index (χ4n) is 1.19. The van der Waals surface area contributed by atoms with Crippen molar-refractivity contribution >= 4 is 27.5 Å². The van der Waals surface area contributed by atoms with Crippen LogP contribution in [-0.2, 0) is 4.79 Å². The molecule has 0 fully saturated rings. The van der Waals surface area contributed by atoms with E-state index in [2.05, 4.69) is 21.2 Å². The molecule has 0 spiro atoms. The quantitative estimate of drug-likeness (QED) is 0.887. The Morgan fingerprint density at radius 1 is 1.53 bits per heavy atom. The predicted octanol–water partition coefficient (Wildman–Crippen LogP) is 2.52. The largest absolute Gasteiger partial charge is 0.326 e. The number of benzene rings is 1. The number of anilines is 1. The van der Waals surface area contributed by atoms with Crippen LogP contribution in [0.15, 0.2) is 28.7 Å². The second kappa shape index (κ2) is 4.77. The Hall–Kier alpha value is -0.870. The zero-order valence-corrected chi connectivity index (χ0v) is 10.5. The van der Waals surface area contributed by atoms with Crippen molar-refractivity contribution in [3.63, 3.8) is 0 Å². The first-order valence-electron chi connectivity index (χ1n) is 4.71. The van der Waals surface area contributed by atoms with Gasteiger partial charge in [-0.3, -0.25) is 4.79 Å². The lowest BCUT2D eigenvalue weighted by Crippen LogP contribution is -2.36. The zero-order valence-electron chi connectivity index (χ0n) is 8.88. The molecule has 82 valence electrons. The summed E-state index contributed by atoms with van der Waals surface area (Å²) in [7, 11) is 0. The molecule has 3 N–H and O–H groups in total. The van der Waals surface area contributed by atoms with E-state index in [-0.39, 0.29) is 5.91 Å². The van der Waals surface area contributed by atoms with Gasteiger partial charge in [0, 0.05) is 22.1 Å². The summed E-state index contributed by atoms with van der Waals surface area (Å²) in [5.74, 6) is -0.0689. The third-order valence-corrected chi connectivity index (χ3v) is 2.22. The maximum Gasteiger partial charge on any atom is 0.226 e. The van der Waals surface area contributed by atoms with Crippen molar-refractivity contribution in [3.8, 4) is 0 Å². The average molecular weight is 271 g/mol. The molecular weight excluding hydrogens is 256 g/mol. The highest BCUT2D eigenvalue weighted by Gasteiger charge is 2.16. The maximum atomic E-state index is 11.5. The van der Waals surface area contributed by atoms with Crippen LogP contribution in [0.2, 0.25) is 0 Å². The van der Waals surface area contributed by atoms with E-state index in [9.17, 15) is 4.79 Å². The topological polar surface area (TPSA) is 55.1 Å². The molecule has 1 aromatic carbocycles. The molecule has 0 heterocycles. The van der Waals surface area contributed by atoms with E-state index >= 15 is 0 Å². The Bertz CT molecular complexity index is 358. The molecule has 0 radical (unpaired) electrons. The van der Waals surface area contributed by atoms with Crippen molar-refractivity contribution in [2.45, 2.75) is 25.8 Å². The molecular formula is C11H15BrN2O. The van der Waals surface area contributed by atoms with Crippen molar-refractivity contribution in [1.29, 1.82) is 0 Å². The number of halogens is 1. The maximum absolute atomic E-state index is 11.5. The van der Waals surface area contributed by atoms with Crippen LogP contribution in [0.3, 0.4) is 0 Å². The first-order valence-corrected chi connectivity index (χ1v) is 5.50. The highest BCUT2D eigenvalue weighted by molar-refractivity contribution is 9.10. The fraction of sp³-hybridized carbons (Fsp3) is 0.364. The molecule has 4 heteroatoms.